The number of hydrogen-bond acceptors (Lipinski definition) is 12. The number of aromatic nitrogens is 3. The number of rotatable bonds is 9. The van der Waals surface area contributed by atoms with E-state index in [4.69, 9.17) is 18.6 Å². The van der Waals surface area contributed by atoms with Gasteiger partial charge in [-0.25, -0.2) is 9.59 Å². The van der Waals surface area contributed by atoms with Crippen LogP contribution in [0.4, 0.5) is 5.69 Å². The molecule has 302 valence electrons. The van der Waals surface area contributed by atoms with Crippen molar-refractivity contribution in [3.05, 3.63) is 123 Å². The highest BCUT2D eigenvalue weighted by Gasteiger charge is 2.64. The molecule has 3 aromatic rings. The molecule has 1 aromatic carbocycles. The second-order valence-electron chi connectivity index (χ2n) is 15.8. The maximum atomic E-state index is 14.2. The highest BCUT2D eigenvalue weighted by Crippen LogP contribution is 2.53. The Balaban J connectivity index is 0.994. The lowest BCUT2D eigenvalue weighted by atomic mass is 9.61. The summed E-state index contributed by atoms with van der Waals surface area (Å²) in [4.78, 5) is 67.7. The van der Waals surface area contributed by atoms with Gasteiger partial charge in [-0.05, 0) is 62.1 Å². The van der Waals surface area contributed by atoms with Gasteiger partial charge in [0.2, 0.25) is 11.7 Å². The van der Waals surface area contributed by atoms with Crippen LogP contribution >= 0.6 is 0 Å². The van der Waals surface area contributed by atoms with Gasteiger partial charge in [0.05, 0.1) is 37.5 Å². The van der Waals surface area contributed by atoms with Crippen molar-refractivity contribution in [1.29, 1.82) is 0 Å². The first kappa shape index (κ1) is 39.9. The molecule has 1 fully saturated rings. The number of amides is 1. The first-order valence-corrected chi connectivity index (χ1v) is 19.3. The van der Waals surface area contributed by atoms with Crippen molar-refractivity contribution < 1.29 is 37.8 Å². The van der Waals surface area contributed by atoms with E-state index in [1.807, 2.05) is 83.1 Å². The summed E-state index contributed by atoms with van der Waals surface area (Å²) in [5, 5.41) is 11.7. The van der Waals surface area contributed by atoms with E-state index in [9.17, 15) is 24.0 Å². The smallest absolute Gasteiger partial charge is 0.346 e. The van der Waals surface area contributed by atoms with E-state index >= 15 is 0 Å². The normalized spacial score (nSPS) is 27.8. The predicted octanol–water partition coefficient (Wildman–Crippen LogP) is 5.14. The fraction of sp³-hybridized carbons (Fsp3) is 0.386. The van der Waals surface area contributed by atoms with Gasteiger partial charge in [-0.15, -0.1) is 5.10 Å². The lowest BCUT2D eigenvalue weighted by Crippen LogP contribution is -2.53. The molecule has 14 nitrogen and oxygen atoms in total. The third-order valence-electron chi connectivity index (χ3n) is 11.2. The van der Waals surface area contributed by atoms with E-state index in [-0.39, 0.29) is 61.5 Å². The number of fused-ring (bicyclic) bond motifs is 6. The van der Waals surface area contributed by atoms with Crippen molar-refractivity contribution >= 4 is 40.3 Å². The van der Waals surface area contributed by atoms with E-state index in [0.717, 1.165) is 16.8 Å². The average Bonchev–Trinajstić information content (AvgIpc) is 3.73. The number of carbonyl (C=O) groups is 4. The third kappa shape index (κ3) is 8.09. The number of nitrogens with zero attached hydrogens (tertiary/aromatic N) is 4. The average molecular weight is 790 g/mol. The van der Waals surface area contributed by atoms with E-state index in [1.54, 1.807) is 30.5 Å². The summed E-state index contributed by atoms with van der Waals surface area (Å²) in [6.45, 7) is 8.25. The zero-order valence-corrected chi connectivity index (χ0v) is 33.5. The van der Waals surface area contributed by atoms with Crippen LogP contribution in [0.25, 0.3) is 11.0 Å². The van der Waals surface area contributed by atoms with Crippen molar-refractivity contribution in [3.8, 4) is 0 Å². The number of benzene rings is 1. The van der Waals surface area contributed by atoms with Crippen molar-refractivity contribution in [2.75, 3.05) is 25.6 Å². The molecule has 2 aromatic heterocycles. The molecule has 0 radical (unpaired) electrons. The van der Waals surface area contributed by atoms with Crippen LogP contribution in [0.3, 0.4) is 0 Å². The van der Waals surface area contributed by atoms with Gasteiger partial charge < -0.3 is 28.8 Å². The monoisotopic (exact) mass is 789 g/mol. The van der Waals surface area contributed by atoms with Crippen molar-refractivity contribution in [2.24, 2.45) is 11.3 Å². The molecule has 14 heteroatoms. The summed E-state index contributed by atoms with van der Waals surface area (Å²) < 4.78 is 24.8. The summed E-state index contributed by atoms with van der Waals surface area (Å²) in [6.07, 6.45) is 14.7. The molecule has 58 heavy (non-hydrogen) atoms. The van der Waals surface area contributed by atoms with Gasteiger partial charge in [-0.1, -0.05) is 53.7 Å². The Morgan fingerprint density at radius 1 is 1.09 bits per heavy atom. The first-order valence-electron chi connectivity index (χ1n) is 19.3. The van der Waals surface area contributed by atoms with Crippen molar-refractivity contribution in [3.63, 3.8) is 0 Å². The molecule has 4 atom stereocenters. The zero-order chi connectivity index (χ0) is 41.4. The minimum Gasteiger partial charge on any atom is -0.488 e. The van der Waals surface area contributed by atoms with Crippen LogP contribution in [0, 0.1) is 11.3 Å². The Labute approximate surface area is 335 Å². The second kappa shape index (κ2) is 15.9. The number of nitrogens with one attached hydrogen (secondary N) is 1. The quantitative estimate of drug-likeness (QED) is 0.131. The number of hydrogen-bond donors (Lipinski definition) is 1. The van der Waals surface area contributed by atoms with Gasteiger partial charge in [0.1, 0.15) is 35.3 Å². The minimum absolute atomic E-state index is 0.00797. The number of anilines is 1. The molecule has 0 unspecified atom stereocenters. The molecular formula is C44H47N5O9. The molecule has 1 spiro atoms. The Morgan fingerprint density at radius 3 is 2.66 bits per heavy atom. The van der Waals surface area contributed by atoms with Crippen LogP contribution < -0.4 is 15.8 Å². The fourth-order valence-corrected chi connectivity index (χ4v) is 7.98. The van der Waals surface area contributed by atoms with Crippen LogP contribution in [0.5, 0.6) is 0 Å². The number of allylic oxidation sites excluding steroid dienone is 4. The van der Waals surface area contributed by atoms with Gasteiger partial charge in [0.25, 0.3) is 0 Å². The number of carbonyl (C=O) groups excluding carboxylic acids is 4. The van der Waals surface area contributed by atoms with Crippen LogP contribution in [0.15, 0.2) is 110 Å². The number of ketones is 1. The molecule has 5 heterocycles. The summed E-state index contributed by atoms with van der Waals surface area (Å²) in [6, 6.07) is 6.80. The summed E-state index contributed by atoms with van der Waals surface area (Å²) in [5.74, 6) is -1.64. The Hall–Kier alpha value is -6.31. The van der Waals surface area contributed by atoms with E-state index < -0.39 is 34.7 Å². The Morgan fingerprint density at radius 2 is 1.90 bits per heavy atom. The van der Waals surface area contributed by atoms with E-state index in [0.29, 0.717) is 40.6 Å². The first-order chi connectivity index (χ1) is 27.6. The maximum absolute atomic E-state index is 14.2. The standard InChI is InChI=1S/C44H47N5O9/c1-26-8-7-9-33(16-29-10-13-35(55-25-29)40-41(53)44(58-42(40)54)22-28(3)27(2)21-43(44,4)20-26)56-38(51)14-15-49-24-31(46-47-49)23-45-37(50)17-30-18-39(52)57-36-19-32(48(5)6)11-12-34(30)36/h7-8,10-13,16,18-21,24,28,33H,9,14-15,17,22-23,25H2,1-6H3,(H,45,50)/b8-7+,26-20+,29-16-,40-35+/t28-,33+,43-,44+/m0/s1. The molecule has 4 bridgehead atoms. The molecule has 3 aliphatic heterocycles. The number of aryl methyl sites for hydroxylation is 1. The van der Waals surface area contributed by atoms with Gasteiger partial charge in [0.15, 0.2) is 5.60 Å². The summed E-state index contributed by atoms with van der Waals surface area (Å²) in [7, 11) is 3.77. The minimum atomic E-state index is -1.40. The highest BCUT2D eigenvalue weighted by atomic mass is 16.6. The zero-order valence-electron chi connectivity index (χ0n) is 33.5. The van der Waals surface area contributed by atoms with Gasteiger partial charge in [-0.3, -0.25) is 19.1 Å². The SMILES string of the molecule is CC1=C[C@]2(C)/C=C(C)/C=C/C[C@@H](OC(=O)CCn3cc(CNC(=O)Cc4cc(=O)oc5cc(N(C)C)ccc45)nn3)/C=C3C=C/C(=C4\C(=O)O[C@]2(C[C@@H]1C)C4=O)OC/3. The third-order valence-corrected chi connectivity index (χ3v) is 11.2. The predicted molar refractivity (Wildman–Crippen MR) is 214 cm³/mol. The number of esters is 2. The molecular weight excluding hydrogens is 743 g/mol. The van der Waals surface area contributed by atoms with Crippen LogP contribution in [-0.4, -0.2) is 71.0 Å². The molecule has 2 aliphatic carbocycles. The molecule has 0 saturated carbocycles. The Bertz CT molecular complexity index is 2450. The van der Waals surface area contributed by atoms with Crippen molar-refractivity contribution in [2.45, 2.75) is 78.2 Å². The summed E-state index contributed by atoms with van der Waals surface area (Å²) >= 11 is 0. The van der Waals surface area contributed by atoms with Crippen LogP contribution in [0.2, 0.25) is 0 Å². The molecule has 1 amide bonds. The largest absolute Gasteiger partial charge is 0.488 e. The molecule has 1 saturated heterocycles. The van der Waals surface area contributed by atoms with Crippen LogP contribution in [-0.2, 0) is 52.9 Å². The van der Waals surface area contributed by atoms with Gasteiger partial charge in [0, 0.05) is 50.1 Å². The van der Waals surface area contributed by atoms with Gasteiger partial charge >= 0.3 is 17.6 Å². The number of ether oxygens (including phenoxy) is 3. The molecule has 1 N–H and O–H groups in total. The topological polar surface area (TPSA) is 172 Å². The second-order valence-corrected chi connectivity index (χ2v) is 15.8. The van der Waals surface area contributed by atoms with Crippen molar-refractivity contribution in [1.82, 2.24) is 20.3 Å². The number of Topliss-reactive ketones (excluding diaryl/α,β-unsaturated/α-hetero) is 1. The summed E-state index contributed by atoms with van der Waals surface area (Å²) in [5.41, 5.74) is 2.05. The van der Waals surface area contributed by atoms with E-state index in [2.05, 4.69) is 15.6 Å². The lowest BCUT2D eigenvalue weighted by Gasteiger charge is -2.45. The maximum Gasteiger partial charge on any atom is 0.346 e. The molecule has 5 aliphatic rings. The Kier molecular flexibility index (Phi) is 10.9. The molecule has 8 rings (SSSR count). The fourth-order valence-electron chi connectivity index (χ4n) is 7.98. The van der Waals surface area contributed by atoms with Crippen LogP contribution in [0.1, 0.15) is 58.2 Å². The van der Waals surface area contributed by atoms with Gasteiger partial charge in [-0.2, -0.15) is 0 Å². The highest BCUT2D eigenvalue weighted by molar-refractivity contribution is 6.26. The van der Waals surface area contributed by atoms with E-state index in [1.165, 1.54) is 10.7 Å². The lowest BCUT2D eigenvalue weighted by molar-refractivity contribution is -0.162.